The maximum Gasteiger partial charge on any atom is 0.289 e. The Bertz CT molecular complexity index is 897. The molecule has 7 nitrogen and oxygen atoms in total. The van der Waals surface area contributed by atoms with E-state index in [0.717, 1.165) is 15.4 Å². The lowest BCUT2D eigenvalue weighted by Gasteiger charge is -2.28. The number of para-hydroxylation sites is 1. The first-order valence-corrected chi connectivity index (χ1v) is 9.21. The van der Waals surface area contributed by atoms with Crippen molar-refractivity contribution in [2.24, 2.45) is 0 Å². The molecule has 3 rings (SSSR count). The van der Waals surface area contributed by atoms with Crippen LogP contribution >= 0.6 is 0 Å². The SMILES string of the molecule is CN(CC1Cc2ccccc2CO1)S(=O)(=O)c1ccccc1[N+](=O)[O-]. The molecule has 25 heavy (non-hydrogen) atoms. The van der Waals surface area contributed by atoms with Gasteiger partial charge in [-0.1, -0.05) is 36.4 Å². The molecule has 0 N–H and O–H groups in total. The number of rotatable bonds is 5. The van der Waals surface area contributed by atoms with Gasteiger partial charge in [-0.3, -0.25) is 10.1 Å². The molecule has 1 atom stereocenters. The van der Waals surface area contributed by atoms with Crippen molar-refractivity contribution >= 4 is 15.7 Å². The molecule has 132 valence electrons. The van der Waals surface area contributed by atoms with E-state index >= 15 is 0 Å². The van der Waals surface area contributed by atoms with Gasteiger partial charge < -0.3 is 4.74 Å². The summed E-state index contributed by atoms with van der Waals surface area (Å²) in [5, 5.41) is 11.1. The van der Waals surface area contributed by atoms with Crippen molar-refractivity contribution in [1.82, 2.24) is 4.31 Å². The minimum absolute atomic E-state index is 0.128. The molecule has 2 aromatic carbocycles. The normalized spacial score (nSPS) is 17.3. The molecule has 0 saturated heterocycles. The summed E-state index contributed by atoms with van der Waals surface area (Å²) in [7, 11) is -2.57. The number of sulfonamides is 1. The smallest absolute Gasteiger partial charge is 0.289 e. The number of hydrogen-bond acceptors (Lipinski definition) is 5. The number of fused-ring (bicyclic) bond motifs is 1. The van der Waals surface area contributed by atoms with Crippen molar-refractivity contribution in [2.75, 3.05) is 13.6 Å². The molecule has 0 amide bonds. The Morgan fingerprint density at radius 3 is 2.52 bits per heavy atom. The zero-order valence-electron chi connectivity index (χ0n) is 13.7. The van der Waals surface area contributed by atoms with Crippen LogP contribution in [0.3, 0.4) is 0 Å². The number of nitro benzene ring substituents is 1. The highest BCUT2D eigenvalue weighted by atomic mass is 32.2. The van der Waals surface area contributed by atoms with Crippen molar-refractivity contribution < 1.29 is 18.1 Å². The summed E-state index contributed by atoms with van der Waals surface area (Å²) >= 11 is 0. The first kappa shape index (κ1) is 17.5. The summed E-state index contributed by atoms with van der Waals surface area (Å²) in [6, 6.07) is 13.2. The van der Waals surface area contributed by atoms with Crippen molar-refractivity contribution in [1.29, 1.82) is 0 Å². The third-order valence-corrected chi connectivity index (χ3v) is 6.12. The summed E-state index contributed by atoms with van der Waals surface area (Å²) in [5.41, 5.74) is 1.81. The predicted octanol–water partition coefficient (Wildman–Crippen LogP) is 2.36. The second-order valence-electron chi connectivity index (χ2n) is 5.92. The molecule has 1 aliphatic rings. The fourth-order valence-corrected chi connectivity index (χ4v) is 4.26. The van der Waals surface area contributed by atoms with E-state index in [2.05, 4.69) is 0 Å². The van der Waals surface area contributed by atoms with Gasteiger partial charge in [-0.25, -0.2) is 8.42 Å². The quantitative estimate of drug-likeness (QED) is 0.602. The number of nitro groups is 1. The Balaban J connectivity index is 1.80. The van der Waals surface area contributed by atoms with Gasteiger partial charge in [-0.15, -0.1) is 0 Å². The number of nitrogens with zero attached hydrogens (tertiary/aromatic N) is 2. The molecule has 2 aromatic rings. The van der Waals surface area contributed by atoms with E-state index in [1.807, 2.05) is 24.3 Å². The summed E-state index contributed by atoms with van der Waals surface area (Å²) < 4.78 is 32.3. The fraction of sp³-hybridized carbons (Fsp3) is 0.294. The van der Waals surface area contributed by atoms with Crippen LogP contribution < -0.4 is 0 Å². The van der Waals surface area contributed by atoms with E-state index < -0.39 is 20.6 Å². The number of ether oxygens (including phenoxy) is 1. The number of likely N-dealkylation sites (N-methyl/N-ethyl adjacent to an activating group) is 1. The van der Waals surface area contributed by atoms with Gasteiger partial charge in [0.2, 0.25) is 10.0 Å². The highest BCUT2D eigenvalue weighted by Gasteiger charge is 2.31. The number of hydrogen-bond donors (Lipinski definition) is 0. The van der Waals surface area contributed by atoms with Gasteiger partial charge in [-0.05, 0) is 17.2 Å². The molecule has 0 aromatic heterocycles. The first-order chi connectivity index (χ1) is 11.9. The van der Waals surface area contributed by atoms with Gasteiger partial charge in [0, 0.05) is 26.1 Å². The monoisotopic (exact) mass is 362 g/mol. The van der Waals surface area contributed by atoms with E-state index in [0.29, 0.717) is 13.0 Å². The second-order valence-corrected chi connectivity index (χ2v) is 7.93. The van der Waals surface area contributed by atoms with Gasteiger partial charge in [0.1, 0.15) is 0 Å². The van der Waals surface area contributed by atoms with Gasteiger partial charge in [0.25, 0.3) is 5.69 Å². The molecular weight excluding hydrogens is 344 g/mol. The highest BCUT2D eigenvalue weighted by Crippen LogP contribution is 2.27. The minimum Gasteiger partial charge on any atom is -0.372 e. The van der Waals surface area contributed by atoms with Crippen LogP contribution in [0.2, 0.25) is 0 Å². The van der Waals surface area contributed by atoms with Gasteiger partial charge >= 0.3 is 0 Å². The second kappa shape index (κ2) is 6.91. The maximum absolute atomic E-state index is 12.7. The fourth-order valence-electron chi connectivity index (χ4n) is 2.91. The van der Waals surface area contributed by atoms with Gasteiger partial charge in [0.15, 0.2) is 4.90 Å². The minimum atomic E-state index is -3.98. The van der Waals surface area contributed by atoms with Crippen LogP contribution in [0.25, 0.3) is 0 Å². The van der Waals surface area contributed by atoms with E-state index in [4.69, 9.17) is 4.74 Å². The van der Waals surface area contributed by atoms with Crippen LogP contribution in [-0.2, 0) is 27.8 Å². The average molecular weight is 362 g/mol. The van der Waals surface area contributed by atoms with Crippen LogP contribution in [0.1, 0.15) is 11.1 Å². The predicted molar refractivity (Wildman–Crippen MR) is 91.6 cm³/mol. The van der Waals surface area contributed by atoms with Crippen LogP contribution in [0.4, 0.5) is 5.69 Å². The van der Waals surface area contributed by atoms with Crippen LogP contribution in [-0.4, -0.2) is 37.3 Å². The Morgan fingerprint density at radius 2 is 1.80 bits per heavy atom. The Labute approximate surface area is 146 Å². The molecule has 1 heterocycles. The lowest BCUT2D eigenvalue weighted by atomic mass is 9.99. The lowest BCUT2D eigenvalue weighted by molar-refractivity contribution is -0.387. The van der Waals surface area contributed by atoms with E-state index in [-0.39, 0.29) is 17.5 Å². The standard InChI is InChI=1S/C17H18N2O5S/c1-18(11-15-10-13-6-2-3-7-14(13)12-24-15)25(22,23)17-9-5-4-8-16(17)19(20)21/h2-9,15H,10-12H2,1H3. The zero-order valence-corrected chi connectivity index (χ0v) is 14.5. The average Bonchev–Trinajstić information content (AvgIpc) is 2.61. The topological polar surface area (TPSA) is 89.8 Å². The molecule has 0 bridgehead atoms. The molecule has 1 unspecified atom stereocenters. The Kier molecular flexibility index (Phi) is 4.85. The Morgan fingerprint density at radius 1 is 1.16 bits per heavy atom. The maximum atomic E-state index is 12.7. The summed E-state index contributed by atoms with van der Waals surface area (Å²) in [4.78, 5) is 10.1. The van der Waals surface area contributed by atoms with Gasteiger partial charge in [-0.2, -0.15) is 4.31 Å². The summed E-state index contributed by atoms with van der Waals surface area (Å²) in [5.74, 6) is 0. The molecule has 1 aliphatic heterocycles. The zero-order chi connectivity index (χ0) is 18.0. The van der Waals surface area contributed by atoms with Crippen LogP contribution in [0.5, 0.6) is 0 Å². The molecule has 0 spiro atoms. The molecule has 0 radical (unpaired) electrons. The number of benzene rings is 2. The van der Waals surface area contributed by atoms with Crippen molar-refractivity contribution in [2.45, 2.75) is 24.0 Å². The largest absolute Gasteiger partial charge is 0.372 e. The lowest BCUT2D eigenvalue weighted by Crippen LogP contribution is -2.38. The highest BCUT2D eigenvalue weighted by molar-refractivity contribution is 7.89. The van der Waals surface area contributed by atoms with E-state index in [1.165, 1.54) is 31.3 Å². The summed E-state index contributed by atoms with van der Waals surface area (Å²) in [6.45, 7) is 0.558. The Hall–Kier alpha value is -2.29. The molecular formula is C17H18N2O5S. The van der Waals surface area contributed by atoms with Gasteiger partial charge in [0.05, 0.1) is 17.6 Å². The van der Waals surface area contributed by atoms with Crippen molar-refractivity contribution in [3.63, 3.8) is 0 Å². The first-order valence-electron chi connectivity index (χ1n) is 7.77. The van der Waals surface area contributed by atoms with Crippen LogP contribution in [0, 0.1) is 10.1 Å². The third kappa shape index (κ3) is 3.55. The van der Waals surface area contributed by atoms with Crippen molar-refractivity contribution in [3.8, 4) is 0 Å². The van der Waals surface area contributed by atoms with Crippen LogP contribution in [0.15, 0.2) is 53.4 Å². The molecule has 8 heteroatoms. The molecule has 0 saturated carbocycles. The molecule has 0 aliphatic carbocycles. The molecule has 0 fully saturated rings. The van der Waals surface area contributed by atoms with Crippen molar-refractivity contribution in [3.05, 3.63) is 69.8 Å². The van der Waals surface area contributed by atoms with E-state index in [1.54, 1.807) is 0 Å². The third-order valence-electron chi connectivity index (χ3n) is 4.25. The van der Waals surface area contributed by atoms with E-state index in [9.17, 15) is 18.5 Å². The summed E-state index contributed by atoms with van der Waals surface area (Å²) in [6.07, 6.45) is 0.310.